The van der Waals surface area contributed by atoms with Crippen molar-refractivity contribution in [3.63, 3.8) is 0 Å². The van der Waals surface area contributed by atoms with Crippen LogP contribution < -0.4 is 15.4 Å². The Morgan fingerprint density at radius 3 is 2.85 bits per heavy atom. The molecule has 0 unspecified atom stereocenters. The Morgan fingerprint density at radius 2 is 2.19 bits per heavy atom. The molecule has 0 aliphatic rings. The molecule has 0 atom stereocenters. The lowest BCUT2D eigenvalue weighted by Gasteiger charge is -2.12. The number of nitrogens with one attached hydrogen (secondary N) is 2. The van der Waals surface area contributed by atoms with E-state index in [1.165, 1.54) is 0 Å². The average Bonchev–Trinajstić information content (AvgIpc) is 3.13. The van der Waals surface area contributed by atoms with Gasteiger partial charge in [-0.1, -0.05) is 17.7 Å². The third-order valence-corrected chi connectivity index (χ3v) is 4.02. The summed E-state index contributed by atoms with van der Waals surface area (Å²) in [5.74, 6) is 1.60. The van der Waals surface area contributed by atoms with E-state index in [9.17, 15) is 0 Å². The summed E-state index contributed by atoms with van der Waals surface area (Å²) in [5.41, 5.74) is 1.09. The van der Waals surface area contributed by atoms with Crippen molar-refractivity contribution in [1.29, 1.82) is 0 Å². The van der Waals surface area contributed by atoms with Crippen molar-refractivity contribution in [2.45, 2.75) is 26.3 Å². The summed E-state index contributed by atoms with van der Waals surface area (Å²) in [5, 5.41) is 11.5. The molecule has 144 valence electrons. The van der Waals surface area contributed by atoms with Crippen LogP contribution in [0.15, 0.2) is 41.7 Å². The number of hydrogen-bond donors (Lipinski definition) is 2. The summed E-state index contributed by atoms with van der Waals surface area (Å²) < 4.78 is 7.09. The van der Waals surface area contributed by atoms with Gasteiger partial charge in [0.1, 0.15) is 5.75 Å². The van der Waals surface area contributed by atoms with Gasteiger partial charge in [-0.2, -0.15) is 5.10 Å². The zero-order valence-electron chi connectivity index (χ0n) is 15.2. The predicted molar refractivity (Wildman–Crippen MR) is 118 cm³/mol. The second-order valence-electron chi connectivity index (χ2n) is 5.52. The van der Waals surface area contributed by atoms with Crippen molar-refractivity contribution in [3.05, 3.63) is 47.2 Å². The maximum atomic E-state index is 6.27. The predicted octanol–water partition coefficient (Wildman–Crippen LogP) is 3.35. The summed E-state index contributed by atoms with van der Waals surface area (Å²) in [7, 11) is 1.64. The molecule has 1 heterocycles. The van der Waals surface area contributed by atoms with Gasteiger partial charge in [0.25, 0.3) is 0 Å². The van der Waals surface area contributed by atoms with Gasteiger partial charge in [0, 0.05) is 43.6 Å². The largest absolute Gasteiger partial charge is 0.497 e. The molecule has 0 spiro atoms. The monoisotopic (exact) mass is 491 g/mol. The van der Waals surface area contributed by atoms with Crippen LogP contribution in [0.3, 0.4) is 0 Å². The molecule has 6 nitrogen and oxygen atoms in total. The lowest BCUT2D eigenvalue weighted by Crippen LogP contribution is -2.38. The van der Waals surface area contributed by atoms with Gasteiger partial charge in [0.15, 0.2) is 5.96 Å². The topological polar surface area (TPSA) is 63.5 Å². The van der Waals surface area contributed by atoms with E-state index >= 15 is 0 Å². The Labute approximate surface area is 177 Å². The molecule has 0 aliphatic heterocycles. The molecular weight excluding hydrogens is 465 g/mol. The van der Waals surface area contributed by atoms with E-state index in [0.29, 0.717) is 0 Å². The summed E-state index contributed by atoms with van der Waals surface area (Å²) in [6.07, 6.45) is 5.52. The zero-order valence-corrected chi connectivity index (χ0v) is 18.3. The lowest BCUT2D eigenvalue weighted by molar-refractivity contribution is 0.414. The molecule has 0 saturated carbocycles. The van der Waals surface area contributed by atoms with Gasteiger partial charge >= 0.3 is 0 Å². The summed E-state index contributed by atoms with van der Waals surface area (Å²) in [6, 6.07) is 7.69. The number of aromatic nitrogens is 2. The molecule has 0 fully saturated rings. The third-order valence-electron chi connectivity index (χ3n) is 3.67. The second kappa shape index (κ2) is 12.8. The van der Waals surface area contributed by atoms with Crippen molar-refractivity contribution in [2.75, 3.05) is 26.7 Å². The Bertz CT molecular complexity index is 664. The first kappa shape index (κ1) is 22.6. The fraction of sp³-hybridized carbons (Fsp3) is 0.444. The molecule has 0 radical (unpaired) electrons. The van der Waals surface area contributed by atoms with Crippen molar-refractivity contribution in [3.8, 4) is 5.75 Å². The first-order valence-electron chi connectivity index (χ1n) is 8.55. The molecule has 0 bridgehead atoms. The Balaban J connectivity index is 0.00000338. The van der Waals surface area contributed by atoms with Gasteiger partial charge in [-0.25, -0.2) is 0 Å². The zero-order chi connectivity index (χ0) is 17.9. The number of halogens is 2. The maximum absolute atomic E-state index is 6.27. The molecule has 1 aromatic carbocycles. The van der Waals surface area contributed by atoms with E-state index in [4.69, 9.17) is 16.3 Å². The number of guanidine groups is 1. The minimum absolute atomic E-state index is 0. The van der Waals surface area contributed by atoms with E-state index in [1.807, 2.05) is 35.1 Å². The maximum Gasteiger partial charge on any atom is 0.191 e. The minimum Gasteiger partial charge on any atom is -0.497 e. The number of aryl methyl sites for hydroxylation is 1. The standard InChI is InChI=1S/C18H26ClN5O.HI/c1-3-20-18(21-9-4-12-24-13-5-10-23-24)22-11-8-15-6-7-16(25-2)14-17(15)19;/h5-7,10,13-14H,3-4,8-9,11-12H2,1-2H3,(H2,20,21,22);1H. The molecule has 0 saturated heterocycles. The van der Waals surface area contributed by atoms with Gasteiger partial charge in [-0.15, -0.1) is 24.0 Å². The highest BCUT2D eigenvalue weighted by Gasteiger charge is 2.03. The third kappa shape index (κ3) is 7.82. The number of rotatable bonds is 9. The van der Waals surface area contributed by atoms with Crippen LogP contribution in [0.2, 0.25) is 5.02 Å². The Morgan fingerprint density at radius 1 is 1.35 bits per heavy atom. The van der Waals surface area contributed by atoms with Crippen molar-refractivity contribution < 1.29 is 4.74 Å². The SMILES string of the molecule is CCNC(=NCCCn1cccn1)NCCc1ccc(OC)cc1Cl.I. The van der Waals surface area contributed by atoms with Crippen LogP contribution >= 0.6 is 35.6 Å². The molecule has 0 aliphatic carbocycles. The van der Waals surface area contributed by atoms with E-state index in [2.05, 4.69) is 27.6 Å². The molecule has 2 aromatic rings. The fourth-order valence-corrected chi connectivity index (χ4v) is 2.64. The van der Waals surface area contributed by atoms with E-state index < -0.39 is 0 Å². The van der Waals surface area contributed by atoms with Crippen LogP contribution in [-0.2, 0) is 13.0 Å². The number of nitrogens with zero attached hydrogens (tertiary/aromatic N) is 3. The fourth-order valence-electron chi connectivity index (χ4n) is 2.37. The molecule has 8 heteroatoms. The van der Waals surface area contributed by atoms with Crippen LogP contribution in [0, 0.1) is 0 Å². The molecule has 2 N–H and O–H groups in total. The van der Waals surface area contributed by atoms with Gasteiger partial charge in [0.05, 0.1) is 7.11 Å². The quantitative estimate of drug-likeness (QED) is 0.244. The first-order valence-corrected chi connectivity index (χ1v) is 8.92. The summed E-state index contributed by atoms with van der Waals surface area (Å²) in [6.45, 7) is 5.27. The average molecular weight is 492 g/mol. The van der Waals surface area contributed by atoms with Gasteiger partial charge < -0.3 is 15.4 Å². The number of aliphatic imine (C=N–C) groups is 1. The molecular formula is C18H27ClIN5O. The normalized spacial score (nSPS) is 11.0. The second-order valence-corrected chi connectivity index (χ2v) is 5.92. The van der Waals surface area contributed by atoms with E-state index in [0.717, 1.165) is 61.3 Å². The number of benzene rings is 1. The highest BCUT2D eigenvalue weighted by molar-refractivity contribution is 14.0. The number of ether oxygens (including phenoxy) is 1. The Kier molecular flexibility index (Phi) is 11.1. The molecule has 26 heavy (non-hydrogen) atoms. The Hall–Kier alpha value is -1.48. The number of methoxy groups -OCH3 is 1. The number of hydrogen-bond acceptors (Lipinski definition) is 3. The van der Waals surface area contributed by atoms with E-state index in [1.54, 1.807) is 13.3 Å². The van der Waals surface area contributed by atoms with E-state index in [-0.39, 0.29) is 24.0 Å². The molecule has 2 rings (SSSR count). The smallest absolute Gasteiger partial charge is 0.191 e. The summed E-state index contributed by atoms with van der Waals surface area (Å²) >= 11 is 6.27. The van der Waals surface area contributed by atoms with Gasteiger partial charge in [0.2, 0.25) is 0 Å². The summed E-state index contributed by atoms with van der Waals surface area (Å²) in [4.78, 5) is 4.59. The van der Waals surface area contributed by atoms with Crippen LogP contribution in [0.1, 0.15) is 18.9 Å². The highest BCUT2D eigenvalue weighted by atomic mass is 127. The minimum atomic E-state index is 0. The van der Waals surface area contributed by atoms with Gasteiger partial charge in [-0.05, 0) is 43.5 Å². The van der Waals surface area contributed by atoms with Crippen molar-refractivity contribution in [2.24, 2.45) is 4.99 Å². The molecule has 1 aromatic heterocycles. The highest BCUT2D eigenvalue weighted by Crippen LogP contribution is 2.22. The molecule has 0 amide bonds. The van der Waals surface area contributed by atoms with Crippen LogP contribution in [0.25, 0.3) is 0 Å². The lowest BCUT2D eigenvalue weighted by atomic mass is 10.1. The van der Waals surface area contributed by atoms with Gasteiger partial charge in [-0.3, -0.25) is 9.67 Å². The van der Waals surface area contributed by atoms with Crippen molar-refractivity contribution in [1.82, 2.24) is 20.4 Å². The van der Waals surface area contributed by atoms with Crippen LogP contribution in [0.4, 0.5) is 0 Å². The van der Waals surface area contributed by atoms with Crippen LogP contribution in [0.5, 0.6) is 5.75 Å². The van der Waals surface area contributed by atoms with Crippen molar-refractivity contribution >= 4 is 41.5 Å². The first-order chi connectivity index (χ1) is 12.2. The van der Waals surface area contributed by atoms with Crippen LogP contribution in [-0.4, -0.2) is 42.5 Å².